The van der Waals surface area contributed by atoms with E-state index in [4.69, 9.17) is 10.6 Å². The maximum absolute atomic E-state index is 5.93. The Bertz CT molecular complexity index is 401. The molecule has 100 valence electrons. The molecule has 1 aliphatic rings. The fourth-order valence-corrected chi connectivity index (χ4v) is 2.59. The van der Waals surface area contributed by atoms with Gasteiger partial charge in [0.1, 0.15) is 0 Å². The first-order chi connectivity index (χ1) is 8.69. The van der Waals surface area contributed by atoms with Gasteiger partial charge >= 0.3 is 0 Å². The van der Waals surface area contributed by atoms with Crippen LogP contribution in [-0.4, -0.2) is 12.7 Å². The lowest BCUT2D eigenvalue weighted by molar-refractivity contribution is 0.0184. The van der Waals surface area contributed by atoms with Gasteiger partial charge in [-0.25, -0.2) is 0 Å². The summed E-state index contributed by atoms with van der Waals surface area (Å²) in [6, 6.07) is 6.48. The number of rotatable bonds is 6. The van der Waals surface area contributed by atoms with E-state index in [1.54, 1.807) is 0 Å². The summed E-state index contributed by atoms with van der Waals surface area (Å²) in [5, 5.41) is 0. The van der Waals surface area contributed by atoms with Crippen molar-refractivity contribution in [2.24, 2.45) is 11.8 Å². The Hall–Kier alpha value is -0.900. The molecule has 2 rings (SSSR count). The van der Waals surface area contributed by atoms with Crippen LogP contribution in [0.15, 0.2) is 18.2 Å². The summed E-state index contributed by atoms with van der Waals surface area (Å²) in [7, 11) is 0. The Morgan fingerprint density at radius 2 is 2.11 bits per heavy atom. The molecule has 1 aromatic carbocycles. The second kappa shape index (κ2) is 5.83. The van der Waals surface area contributed by atoms with Crippen LogP contribution in [0.25, 0.3) is 0 Å². The van der Waals surface area contributed by atoms with E-state index in [9.17, 15) is 0 Å². The molecule has 0 spiro atoms. The van der Waals surface area contributed by atoms with E-state index < -0.39 is 0 Å². The van der Waals surface area contributed by atoms with Crippen molar-refractivity contribution in [3.8, 4) is 0 Å². The van der Waals surface area contributed by atoms with Crippen LogP contribution < -0.4 is 11.3 Å². The predicted octanol–water partition coefficient (Wildman–Crippen LogP) is 2.62. The van der Waals surface area contributed by atoms with Gasteiger partial charge in [-0.3, -0.25) is 11.3 Å². The topological polar surface area (TPSA) is 47.3 Å². The molecular weight excluding hydrogens is 224 g/mol. The average Bonchev–Trinajstić information content (AvgIpc) is 3.18. The molecule has 3 nitrogen and oxygen atoms in total. The van der Waals surface area contributed by atoms with Crippen LogP contribution in [0.1, 0.15) is 42.5 Å². The van der Waals surface area contributed by atoms with Crippen molar-refractivity contribution in [2.45, 2.75) is 45.8 Å². The minimum absolute atomic E-state index is 0.0948. The molecule has 18 heavy (non-hydrogen) atoms. The molecule has 3 heteroatoms. The van der Waals surface area contributed by atoms with Crippen molar-refractivity contribution >= 4 is 0 Å². The van der Waals surface area contributed by atoms with Crippen LogP contribution in [0, 0.1) is 19.8 Å². The number of benzene rings is 1. The highest BCUT2D eigenvalue weighted by molar-refractivity contribution is 5.36. The first-order valence-electron chi connectivity index (χ1n) is 6.82. The number of ether oxygens (including phenoxy) is 1. The summed E-state index contributed by atoms with van der Waals surface area (Å²) in [6.07, 6.45) is 2.71. The van der Waals surface area contributed by atoms with Crippen LogP contribution >= 0.6 is 0 Å². The van der Waals surface area contributed by atoms with E-state index in [0.717, 1.165) is 6.61 Å². The zero-order chi connectivity index (χ0) is 13.1. The predicted molar refractivity (Wildman–Crippen MR) is 74.1 cm³/mol. The highest BCUT2D eigenvalue weighted by Gasteiger charge is 2.38. The Labute approximate surface area is 110 Å². The summed E-state index contributed by atoms with van der Waals surface area (Å²) in [6.45, 7) is 7.08. The molecular formula is C15H24N2O. The van der Waals surface area contributed by atoms with Gasteiger partial charge in [0.25, 0.3) is 0 Å². The Morgan fingerprint density at radius 1 is 1.39 bits per heavy atom. The largest absolute Gasteiger partial charge is 0.376 e. The van der Waals surface area contributed by atoms with Crippen molar-refractivity contribution in [2.75, 3.05) is 6.61 Å². The second-order valence-corrected chi connectivity index (χ2v) is 5.19. The molecule has 1 saturated carbocycles. The second-order valence-electron chi connectivity index (χ2n) is 5.19. The Morgan fingerprint density at radius 3 is 2.67 bits per heavy atom. The molecule has 3 N–H and O–H groups in total. The van der Waals surface area contributed by atoms with Gasteiger partial charge in [0.2, 0.25) is 0 Å². The summed E-state index contributed by atoms with van der Waals surface area (Å²) in [4.78, 5) is 0. The lowest BCUT2D eigenvalue weighted by Crippen LogP contribution is -2.39. The van der Waals surface area contributed by atoms with Crippen molar-refractivity contribution in [3.05, 3.63) is 34.9 Å². The van der Waals surface area contributed by atoms with Crippen LogP contribution in [0.2, 0.25) is 0 Å². The smallest absolute Gasteiger partial charge is 0.0810 e. The van der Waals surface area contributed by atoms with Crippen molar-refractivity contribution in [1.29, 1.82) is 0 Å². The minimum atomic E-state index is 0.0948. The number of nitrogens with one attached hydrogen (secondary N) is 1. The molecule has 1 aliphatic carbocycles. The molecule has 0 bridgehead atoms. The van der Waals surface area contributed by atoms with Gasteiger partial charge in [0, 0.05) is 6.61 Å². The zero-order valence-electron chi connectivity index (χ0n) is 11.6. The summed E-state index contributed by atoms with van der Waals surface area (Å²) >= 11 is 0. The molecule has 2 atom stereocenters. The van der Waals surface area contributed by atoms with Gasteiger partial charge in [-0.2, -0.15) is 0 Å². The third kappa shape index (κ3) is 2.74. The maximum Gasteiger partial charge on any atom is 0.0810 e. The zero-order valence-corrected chi connectivity index (χ0v) is 11.6. The number of hydrogen-bond donors (Lipinski definition) is 2. The quantitative estimate of drug-likeness (QED) is 0.601. The average molecular weight is 248 g/mol. The molecule has 1 aromatic rings. The molecule has 0 aromatic heterocycles. The lowest BCUT2D eigenvalue weighted by atomic mass is 9.92. The maximum atomic E-state index is 5.93. The fourth-order valence-electron chi connectivity index (χ4n) is 2.59. The third-order valence-electron chi connectivity index (χ3n) is 3.94. The molecule has 2 unspecified atom stereocenters. The molecule has 1 fully saturated rings. The van der Waals surface area contributed by atoms with Gasteiger partial charge in [-0.05, 0) is 56.2 Å². The van der Waals surface area contributed by atoms with Gasteiger partial charge in [-0.1, -0.05) is 18.2 Å². The lowest BCUT2D eigenvalue weighted by Gasteiger charge is -2.28. The van der Waals surface area contributed by atoms with E-state index in [-0.39, 0.29) is 12.1 Å². The summed E-state index contributed by atoms with van der Waals surface area (Å²) in [5.74, 6) is 6.45. The normalized spacial score (nSPS) is 18.7. The summed E-state index contributed by atoms with van der Waals surface area (Å²) in [5.41, 5.74) is 6.85. The molecule has 0 heterocycles. The minimum Gasteiger partial charge on any atom is -0.376 e. The van der Waals surface area contributed by atoms with E-state index in [1.807, 2.05) is 6.92 Å². The van der Waals surface area contributed by atoms with Gasteiger partial charge in [0.05, 0.1) is 12.1 Å². The fraction of sp³-hybridized carbons (Fsp3) is 0.600. The highest BCUT2D eigenvalue weighted by Crippen LogP contribution is 2.40. The standard InChI is InChI=1S/C15H24N2O/c1-4-18-15(12-8-9-12)14(17-16)13-7-5-6-10(2)11(13)3/h5-7,12,14-15,17H,4,8-9,16H2,1-3H3. The first-order valence-corrected chi connectivity index (χ1v) is 6.82. The van der Waals surface area contributed by atoms with Gasteiger partial charge in [-0.15, -0.1) is 0 Å². The van der Waals surface area contributed by atoms with Gasteiger partial charge < -0.3 is 4.74 Å². The summed E-state index contributed by atoms with van der Waals surface area (Å²) < 4.78 is 5.93. The molecule has 0 aliphatic heterocycles. The monoisotopic (exact) mass is 248 g/mol. The first kappa shape index (κ1) is 13.5. The number of nitrogens with two attached hydrogens (primary N) is 1. The van der Waals surface area contributed by atoms with Crippen LogP contribution in [0.3, 0.4) is 0 Å². The van der Waals surface area contributed by atoms with Crippen LogP contribution in [0.5, 0.6) is 0 Å². The number of aryl methyl sites for hydroxylation is 1. The number of hydrogen-bond acceptors (Lipinski definition) is 3. The van der Waals surface area contributed by atoms with Crippen LogP contribution in [0.4, 0.5) is 0 Å². The number of hydrazine groups is 1. The molecule has 0 radical (unpaired) electrons. The van der Waals surface area contributed by atoms with E-state index in [0.29, 0.717) is 5.92 Å². The highest BCUT2D eigenvalue weighted by atomic mass is 16.5. The van der Waals surface area contributed by atoms with E-state index in [1.165, 1.54) is 29.5 Å². The van der Waals surface area contributed by atoms with Crippen LogP contribution in [-0.2, 0) is 4.74 Å². The molecule has 0 amide bonds. The Kier molecular flexibility index (Phi) is 4.38. The Balaban J connectivity index is 2.28. The van der Waals surface area contributed by atoms with E-state index >= 15 is 0 Å². The van der Waals surface area contributed by atoms with Crippen molar-refractivity contribution < 1.29 is 4.74 Å². The van der Waals surface area contributed by atoms with E-state index in [2.05, 4.69) is 37.5 Å². The molecule has 0 saturated heterocycles. The SMILES string of the molecule is CCOC(C1CC1)C(NN)c1cccc(C)c1C. The van der Waals surface area contributed by atoms with Gasteiger partial charge in [0.15, 0.2) is 0 Å². The van der Waals surface area contributed by atoms with Crippen molar-refractivity contribution in [3.63, 3.8) is 0 Å². The third-order valence-corrected chi connectivity index (χ3v) is 3.94. The van der Waals surface area contributed by atoms with Crippen molar-refractivity contribution in [1.82, 2.24) is 5.43 Å².